The third kappa shape index (κ3) is 3.39. The summed E-state index contributed by atoms with van der Waals surface area (Å²) < 4.78 is 6.83. The van der Waals surface area contributed by atoms with Crippen LogP contribution in [0.4, 0.5) is 0 Å². The van der Waals surface area contributed by atoms with Crippen LogP contribution in [-0.2, 0) is 0 Å². The average Bonchev–Trinajstić information content (AvgIpc) is 2.14. The summed E-state index contributed by atoms with van der Waals surface area (Å²) in [6, 6.07) is 7.98. The Morgan fingerprint density at radius 3 is 2.54 bits per heavy atom. The van der Waals surface area contributed by atoms with Crippen LogP contribution in [0.3, 0.4) is 0 Å². The van der Waals surface area contributed by atoms with E-state index in [4.69, 9.17) is 4.74 Å². The van der Waals surface area contributed by atoms with Gasteiger partial charge in [0.2, 0.25) is 0 Å². The first kappa shape index (κ1) is 10.6. The molecule has 0 fully saturated rings. The van der Waals surface area contributed by atoms with Crippen LogP contribution in [0.15, 0.2) is 28.7 Å². The van der Waals surface area contributed by atoms with Crippen molar-refractivity contribution in [3.63, 3.8) is 0 Å². The minimum atomic E-state index is 0.342. The largest absolute Gasteiger partial charge is 0.490 e. The van der Waals surface area contributed by atoms with Crippen LogP contribution in [0.25, 0.3) is 0 Å². The van der Waals surface area contributed by atoms with Gasteiger partial charge in [0.05, 0.1) is 6.10 Å². The van der Waals surface area contributed by atoms with Gasteiger partial charge in [-0.1, -0.05) is 35.8 Å². The normalized spacial score (nSPS) is 10.5. The molecule has 1 rings (SSSR count). The molecule has 0 unspecified atom stereocenters. The lowest BCUT2D eigenvalue weighted by molar-refractivity contribution is 0.193. The van der Waals surface area contributed by atoms with Crippen LogP contribution in [0.2, 0.25) is 0 Å². The van der Waals surface area contributed by atoms with Crippen LogP contribution < -0.4 is 4.74 Å². The van der Waals surface area contributed by atoms with E-state index < -0.39 is 0 Å². The van der Waals surface area contributed by atoms with E-state index in [2.05, 4.69) is 29.8 Å². The van der Waals surface area contributed by atoms with Gasteiger partial charge in [-0.3, -0.25) is 0 Å². The number of benzene rings is 1. The lowest BCUT2D eigenvalue weighted by Crippen LogP contribution is -2.13. The first-order chi connectivity index (χ1) is 6.26. The zero-order valence-corrected chi connectivity index (χ0v) is 9.67. The molecule has 13 heavy (non-hydrogen) atoms. The van der Waals surface area contributed by atoms with E-state index in [1.807, 2.05) is 24.3 Å². The number of halogens is 1. The summed E-state index contributed by atoms with van der Waals surface area (Å²) in [5.74, 6) is 0.947. The highest BCUT2D eigenvalue weighted by Crippen LogP contribution is 2.20. The van der Waals surface area contributed by atoms with Gasteiger partial charge in [0.25, 0.3) is 0 Å². The molecule has 1 aromatic carbocycles. The predicted octanol–water partition coefficient (Wildman–Crippen LogP) is 4.02. The minimum absolute atomic E-state index is 0.342. The van der Waals surface area contributed by atoms with Crippen LogP contribution in [0.1, 0.15) is 26.7 Å². The molecule has 1 aromatic rings. The quantitative estimate of drug-likeness (QED) is 0.776. The summed E-state index contributed by atoms with van der Waals surface area (Å²) in [5, 5.41) is 0. The molecular formula is C11H15BrO. The molecule has 0 aliphatic rings. The smallest absolute Gasteiger partial charge is 0.120 e. The van der Waals surface area contributed by atoms with Gasteiger partial charge in [-0.15, -0.1) is 0 Å². The summed E-state index contributed by atoms with van der Waals surface area (Å²) >= 11 is 3.42. The maximum Gasteiger partial charge on any atom is 0.120 e. The molecule has 0 aliphatic carbocycles. The van der Waals surface area contributed by atoms with E-state index in [0.717, 1.165) is 23.1 Å². The summed E-state index contributed by atoms with van der Waals surface area (Å²) in [4.78, 5) is 0. The van der Waals surface area contributed by atoms with Crippen molar-refractivity contribution in [3.05, 3.63) is 28.7 Å². The van der Waals surface area contributed by atoms with Gasteiger partial charge in [0, 0.05) is 4.47 Å². The summed E-state index contributed by atoms with van der Waals surface area (Å²) in [7, 11) is 0. The van der Waals surface area contributed by atoms with Gasteiger partial charge in [-0.05, 0) is 31.0 Å². The van der Waals surface area contributed by atoms with Crippen LogP contribution >= 0.6 is 15.9 Å². The van der Waals surface area contributed by atoms with Crippen molar-refractivity contribution in [1.82, 2.24) is 0 Å². The Bertz CT molecular complexity index is 256. The lowest BCUT2D eigenvalue weighted by Gasteiger charge is -2.15. The van der Waals surface area contributed by atoms with Crippen molar-refractivity contribution in [2.45, 2.75) is 32.8 Å². The standard InChI is InChI=1S/C11H15BrO/c1-3-10(4-2)13-11-7-5-6-9(12)8-11/h5-8,10H,3-4H2,1-2H3. The molecule has 0 atom stereocenters. The highest BCUT2D eigenvalue weighted by molar-refractivity contribution is 9.10. The zero-order chi connectivity index (χ0) is 9.68. The maximum atomic E-state index is 5.76. The van der Waals surface area contributed by atoms with Crippen molar-refractivity contribution >= 4 is 15.9 Å². The highest BCUT2D eigenvalue weighted by atomic mass is 79.9. The van der Waals surface area contributed by atoms with Crippen molar-refractivity contribution in [1.29, 1.82) is 0 Å². The Morgan fingerprint density at radius 1 is 1.31 bits per heavy atom. The van der Waals surface area contributed by atoms with Gasteiger partial charge in [0.1, 0.15) is 5.75 Å². The first-order valence-corrected chi connectivity index (χ1v) is 5.47. The molecule has 2 heteroatoms. The molecule has 0 aromatic heterocycles. The summed E-state index contributed by atoms with van der Waals surface area (Å²) in [6.45, 7) is 4.29. The Kier molecular flexibility index (Phi) is 4.29. The van der Waals surface area contributed by atoms with E-state index in [1.54, 1.807) is 0 Å². The fourth-order valence-electron chi connectivity index (χ4n) is 1.19. The van der Waals surface area contributed by atoms with E-state index in [0.29, 0.717) is 6.10 Å². The molecule has 0 radical (unpaired) electrons. The van der Waals surface area contributed by atoms with Gasteiger partial charge < -0.3 is 4.74 Å². The number of hydrogen-bond donors (Lipinski definition) is 0. The molecule has 0 amide bonds. The van der Waals surface area contributed by atoms with Crippen molar-refractivity contribution in [2.24, 2.45) is 0 Å². The number of hydrogen-bond acceptors (Lipinski definition) is 1. The molecule has 1 nitrogen and oxygen atoms in total. The minimum Gasteiger partial charge on any atom is -0.490 e. The Morgan fingerprint density at radius 2 is 2.00 bits per heavy atom. The molecule has 0 saturated heterocycles. The van der Waals surface area contributed by atoms with Gasteiger partial charge in [-0.2, -0.15) is 0 Å². The van der Waals surface area contributed by atoms with Gasteiger partial charge in [0.15, 0.2) is 0 Å². The molecular weight excluding hydrogens is 228 g/mol. The third-order valence-electron chi connectivity index (χ3n) is 2.01. The summed E-state index contributed by atoms with van der Waals surface area (Å²) in [5.41, 5.74) is 0. The van der Waals surface area contributed by atoms with E-state index >= 15 is 0 Å². The van der Waals surface area contributed by atoms with E-state index in [-0.39, 0.29) is 0 Å². The fourth-order valence-corrected chi connectivity index (χ4v) is 1.57. The Hall–Kier alpha value is -0.500. The number of ether oxygens (including phenoxy) is 1. The topological polar surface area (TPSA) is 9.23 Å². The second-order valence-corrected chi connectivity index (χ2v) is 3.93. The highest BCUT2D eigenvalue weighted by Gasteiger charge is 2.04. The second-order valence-electron chi connectivity index (χ2n) is 3.01. The predicted molar refractivity (Wildman–Crippen MR) is 59.1 cm³/mol. The van der Waals surface area contributed by atoms with E-state index in [1.165, 1.54) is 0 Å². The lowest BCUT2D eigenvalue weighted by atomic mass is 10.2. The first-order valence-electron chi connectivity index (χ1n) is 4.68. The second kappa shape index (κ2) is 5.28. The van der Waals surface area contributed by atoms with Crippen LogP contribution in [0.5, 0.6) is 5.75 Å². The maximum absolute atomic E-state index is 5.76. The molecule has 0 bridgehead atoms. The molecule has 0 spiro atoms. The SMILES string of the molecule is CCC(CC)Oc1cccc(Br)c1. The molecule has 0 N–H and O–H groups in total. The molecule has 0 heterocycles. The van der Waals surface area contributed by atoms with Gasteiger partial charge >= 0.3 is 0 Å². The number of rotatable bonds is 4. The van der Waals surface area contributed by atoms with Crippen molar-refractivity contribution in [3.8, 4) is 5.75 Å². The van der Waals surface area contributed by atoms with Crippen LogP contribution in [-0.4, -0.2) is 6.10 Å². The monoisotopic (exact) mass is 242 g/mol. The molecule has 0 aliphatic heterocycles. The molecule has 0 saturated carbocycles. The third-order valence-corrected chi connectivity index (χ3v) is 2.50. The van der Waals surface area contributed by atoms with Crippen LogP contribution in [0, 0.1) is 0 Å². The Balaban J connectivity index is 2.62. The van der Waals surface area contributed by atoms with E-state index in [9.17, 15) is 0 Å². The zero-order valence-electron chi connectivity index (χ0n) is 8.09. The average molecular weight is 243 g/mol. The summed E-state index contributed by atoms with van der Waals surface area (Å²) in [6.07, 6.45) is 2.46. The Labute approximate surface area is 88.2 Å². The fraction of sp³-hybridized carbons (Fsp3) is 0.455. The van der Waals surface area contributed by atoms with Crippen molar-refractivity contribution in [2.75, 3.05) is 0 Å². The van der Waals surface area contributed by atoms with Gasteiger partial charge in [-0.25, -0.2) is 0 Å². The van der Waals surface area contributed by atoms with Crippen molar-refractivity contribution < 1.29 is 4.74 Å². The molecule has 72 valence electrons.